The Balaban J connectivity index is 2.85. The van der Waals surface area contributed by atoms with Gasteiger partial charge in [0.2, 0.25) is 5.91 Å². The molecule has 1 unspecified atom stereocenters. The summed E-state index contributed by atoms with van der Waals surface area (Å²) in [4.78, 5) is 13.9. The van der Waals surface area contributed by atoms with Gasteiger partial charge in [-0.05, 0) is 24.5 Å². The number of carbonyl (C=O) groups is 1. The van der Waals surface area contributed by atoms with Crippen LogP contribution in [0.15, 0.2) is 28.7 Å². The van der Waals surface area contributed by atoms with Crippen LogP contribution in [0.5, 0.6) is 0 Å². The molecule has 0 bridgehead atoms. The molecule has 4 heteroatoms. The topological polar surface area (TPSA) is 46.3 Å². The standard InChI is InChI=1S/C14H21BrN2O/c1-10(2)8-17(14(18)11(3)16)9-12-6-4-5-7-13(12)15/h4-7,10-11H,8-9,16H2,1-3H3. The summed E-state index contributed by atoms with van der Waals surface area (Å²) in [5, 5.41) is 0. The lowest BCUT2D eigenvalue weighted by atomic mass is 10.1. The first kappa shape index (κ1) is 15.2. The maximum absolute atomic E-state index is 12.1. The molecule has 1 atom stereocenters. The highest BCUT2D eigenvalue weighted by Gasteiger charge is 2.19. The van der Waals surface area contributed by atoms with Crippen molar-refractivity contribution in [1.29, 1.82) is 0 Å². The molecule has 1 aromatic rings. The van der Waals surface area contributed by atoms with Crippen molar-refractivity contribution in [2.45, 2.75) is 33.4 Å². The van der Waals surface area contributed by atoms with E-state index in [-0.39, 0.29) is 5.91 Å². The number of hydrogen-bond donors (Lipinski definition) is 1. The van der Waals surface area contributed by atoms with Crippen molar-refractivity contribution >= 4 is 21.8 Å². The van der Waals surface area contributed by atoms with Crippen LogP contribution in [0.2, 0.25) is 0 Å². The largest absolute Gasteiger partial charge is 0.337 e. The molecule has 2 N–H and O–H groups in total. The van der Waals surface area contributed by atoms with Gasteiger partial charge in [-0.15, -0.1) is 0 Å². The molecule has 18 heavy (non-hydrogen) atoms. The van der Waals surface area contributed by atoms with Crippen molar-refractivity contribution < 1.29 is 4.79 Å². The van der Waals surface area contributed by atoms with E-state index in [9.17, 15) is 4.79 Å². The Hall–Kier alpha value is -0.870. The van der Waals surface area contributed by atoms with Gasteiger partial charge < -0.3 is 10.6 Å². The highest BCUT2D eigenvalue weighted by Crippen LogP contribution is 2.18. The zero-order chi connectivity index (χ0) is 13.7. The van der Waals surface area contributed by atoms with Crippen LogP contribution in [0, 0.1) is 5.92 Å². The Morgan fingerprint density at radius 1 is 1.33 bits per heavy atom. The minimum atomic E-state index is -0.453. The Bertz CT molecular complexity index is 405. The molecular formula is C14H21BrN2O. The molecule has 0 spiro atoms. The summed E-state index contributed by atoms with van der Waals surface area (Å²) >= 11 is 3.51. The Morgan fingerprint density at radius 3 is 2.44 bits per heavy atom. The Kier molecular flexibility index (Phi) is 5.82. The number of nitrogens with two attached hydrogens (primary N) is 1. The molecule has 1 rings (SSSR count). The summed E-state index contributed by atoms with van der Waals surface area (Å²) in [7, 11) is 0. The van der Waals surface area contributed by atoms with E-state index in [4.69, 9.17) is 5.73 Å². The predicted octanol–water partition coefficient (Wildman–Crippen LogP) is 2.78. The number of nitrogens with zero attached hydrogens (tertiary/aromatic N) is 1. The number of halogens is 1. The molecule has 0 aromatic heterocycles. The molecule has 1 amide bonds. The van der Waals surface area contributed by atoms with Gasteiger partial charge in [-0.2, -0.15) is 0 Å². The van der Waals surface area contributed by atoms with Crippen LogP contribution in [-0.2, 0) is 11.3 Å². The molecule has 0 fully saturated rings. The average Bonchev–Trinajstić information content (AvgIpc) is 2.29. The maximum Gasteiger partial charge on any atom is 0.239 e. The first-order valence-electron chi connectivity index (χ1n) is 6.19. The maximum atomic E-state index is 12.1. The van der Waals surface area contributed by atoms with E-state index in [1.165, 1.54) is 0 Å². The van der Waals surface area contributed by atoms with E-state index in [1.54, 1.807) is 6.92 Å². The van der Waals surface area contributed by atoms with Gasteiger partial charge in [-0.25, -0.2) is 0 Å². The fraction of sp³-hybridized carbons (Fsp3) is 0.500. The number of amides is 1. The third-order valence-electron chi connectivity index (χ3n) is 2.61. The smallest absolute Gasteiger partial charge is 0.239 e. The van der Waals surface area contributed by atoms with E-state index < -0.39 is 6.04 Å². The predicted molar refractivity (Wildman–Crippen MR) is 78.0 cm³/mol. The summed E-state index contributed by atoms with van der Waals surface area (Å²) in [6, 6.07) is 7.49. The second-order valence-corrected chi connectivity index (χ2v) is 5.85. The van der Waals surface area contributed by atoms with Crippen molar-refractivity contribution in [3.8, 4) is 0 Å². The van der Waals surface area contributed by atoms with E-state index in [0.717, 1.165) is 16.6 Å². The summed E-state index contributed by atoms with van der Waals surface area (Å²) in [6.07, 6.45) is 0. The lowest BCUT2D eigenvalue weighted by Gasteiger charge is -2.26. The van der Waals surface area contributed by atoms with Crippen LogP contribution in [0.1, 0.15) is 26.3 Å². The second-order valence-electron chi connectivity index (χ2n) is 4.99. The SMILES string of the molecule is CC(C)CN(Cc1ccccc1Br)C(=O)C(C)N. The molecule has 100 valence electrons. The zero-order valence-electron chi connectivity index (χ0n) is 11.2. The van der Waals surface area contributed by atoms with E-state index in [0.29, 0.717) is 12.5 Å². The van der Waals surface area contributed by atoms with Gasteiger partial charge in [0, 0.05) is 17.6 Å². The number of rotatable bonds is 5. The first-order chi connectivity index (χ1) is 8.41. The van der Waals surface area contributed by atoms with Crippen molar-refractivity contribution in [3.63, 3.8) is 0 Å². The molecule has 0 aliphatic heterocycles. The van der Waals surface area contributed by atoms with Gasteiger partial charge >= 0.3 is 0 Å². The van der Waals surface area contributed by atoms with Crippen LogP contribution < -0.4 is 5.73 Å². The van der Waals surface area contributed by atoms with E-state index in [1.807, 2.05) is 29.2 Å². The minimum Gasteiger partial charge on any atom is -0.337 e. The van der Waals surface area contributed by atoms with Crippen LogP contribution in [0.3, 0.4) is 0 Å². The van der Waals surface area contributed by atoms with Crippen LogP contribution in [0.25, 0.3) is 0 Å². The molecule has 0 aliphatic carbocycles. The third kappa shape index (κ3) is 4.42. The average molecular weight is 313 g/mol. The molecule has 1 aromatic carbocycles. The molecule has 0 radical (unpaired) electrons. The minimum absolute atomic E-state index is 0.000506. The summed E-state index contributed by atoms with van der Waals surface area (Å²) in [5.74, 6) is 0.426. The van der Waals surface area contributed by atoms with Crippen molar-refractivity contribution in [3.05, 3.63) is 34.3 Å². The lowest BCUT2D eigenvalue weighted by molar-refractivity contribution is -0.133. The highest BCUT2D eigenvalue weighted by molar-refractivity contribution is 9.10. The second kappa shape index (κ2) is 6.90. The monoisotopic (exact) mass is 312 g/mol. The Labute approximate surface area is 117 Å². The quantitative estimate of drug-likeness (QED) is 0.908. The van der Waals surface area contributed by atoms with Gasteiger partial charge in [0.05, 0.1) is 6.04 Å². The van der Waals surface area contributed by atoms with Crippen molar-refractivity contribution in [2.24, 2.45) is 11.7 Å². The van der Waals surface area contributed by atoms with Crippen molar-refractivity contribution in [2.75, 3.05) is 6.54 Å². The normalized spacial score (nSPS) is 12.6. The summed E-state index contributed by atoms with van der Waals surface area (Å²) in [6.45, 7) is 7.25. The molecule has 0 saturated carbocycles. The van der Waals surface area contributed by atoms with E-state index in [2.05, 4.69) is 29.8 Å². The molecule has 0 aliphatic rings. The van der Waals surface area contributed by atoms with Gasteiger partial charge in [0.15, 0.2) is 0 Å². The van der Waals surface area contributed by atoms with Crippen LogP contribution in [-0.4, -0.2) is 23.4 Å². The van der Waals surface area contributed by atoms with Gasteiger partial charge in [0.25, 0.3) is 0 Å². The summed E-state index contributed by atoms with van der Waals surface area (Å²) in [5.41, 5.74) is 6.81. The molecule has 0 saturated heterocycles. The van der Waals surface area contributed by atoms with Gasteiger partial charge in [-0.3, -0.25) is 4.79 Å². The first-order valence-corrected chi connectivity index (χ1v) is 6.99. The number of hydrogen-bond acceptors (Lipinski definition) is 2. The lowest BCUT2D eigenvalue weighted by Crippen LogP contribution is -2.43. The van der Waals surface area contributed by atoms with Gasteiger partial charge in [0.1, 0.15) is 0 Å². The third-order valence-corrected chi connectivity index (χ3v) is 3.38. The number of benzene rings is 1. The molecular weight excluding hydrogens is 292 g/mol. The number of carbonyl (C=O) groups excluding carboxylic acids is 1. The fourth-order valence-corrected chi connectivity index (χ4v) is 2.20. The van der Waals surface area contributed by atoms with Gasteiger partial charge in [-0.1, -0.05) is 48.0 Å². The van der Waals surface area contributed by atoms with E-state index >= 15 is 0 Å². The van der Waals surface area contributed by atoms with Crippen LogP contribution in [0.4, 0.5) is 0 Å². The summed E-state index contributed by atoms with van der Waals surface area (Å²) < 4.78 is 1.02. The fourth-order valence-electron chi connectivity index (χ4n) is 1.79. The van der Waals surface area contributed by atoms with Crippen LogP contribution >= 0.6 is 15.9 Å². The zero-order valence-corrected chi connectivity index (χ0v) is 12.8. The Morgan fingerprint density at radius 2 is 1.94 bits per heavy atom. The molecule has 3 nitrogen and oxygen atoms in total. The molecule has 0 heterocycles. The highest BCUT2D eigenvalue weighted by atomic mass is 79.9. The van der Waals surface area contributed by atoms with Crippen molar-refractivity contribution in [1.82, 2.24) is 4.90 Å².